The average molecular weight is 398 g/mol. The molecule has 1 atom stereocenters. The number of hydrogen-bond donors (Lipinski definition) is 2. The van der Waals surface area contributed by atoms with Gasteiger partial charge in [0, 0.05) is 12.1 Å². The maximum atomic E-state index is 12.4. The number of ether oxygens (including phenoxy) is 1. The number of hydrogen-bond acceptors (Lipinski definition) is 6. The van der Waals surface area contributed by atoms with Crippen LogP contribution in [0.25, 0.3) is 12.2 Å². The molecule has 0 radical (unpaired) electrons. The lowest BCUT2D eigenvalue weighted by atomic mass is 10.2. The van der Waals surface area contributed by atoms with Crippen LogP contribution in [0.1, 0.15) is 29.8 Å². The third-order valence-corrected chi connectivity index (χ3v) is 4.91. The molecule has 2 heterocycles. The highest BCUT2D eigenvalue weighted by atomic mass is 32.2. The summed E-state index contributed by atoms with van der Waals surface area (Å²) in [7, 11) is 1.61. The molecule has 0 spiro atoms. The first-order chi connectivity index (χ1) is 13.5. The molecule has 0 aliphatic rings. The van der Waals surface area contributed by atoms with Crippen LogP contribution in [0.5, 0.6) is 5.75 Å². The van der Waals surface area contributed by atoms with E-state index in [1.807, 2.05) is 56.3 Å². The van der Waals surface area contributed by atoms with Gasteiger partial charge in [-0.2, -0.15) is 0 Å². The number of thioether (sulfide) groups is 1. The molecular formula is C20H22N4O3S. The predicted molar refractivity (Wildman–Crippen MR) is 109 cm³/mol. The van der Waals surface area contributed by atoms with Crippen molar-refractivity contribution >= 4 is 29.8 Å². The topological polar surface area (TPSA) is 93.0 Å². The number of carbonyl (C=O) groups is 1. The number of rotatable bonds is 8. The van der Waals surface area contributed by atoms with Gasteiger partial charge in [-0.25, -0.2) is 4.98 Å². The summed E-state index contributed by atoms with van der Waals surface area (Å²) in [6.45, 7) is 4.11. The van der Waals surface area contributed by atoms with Crippen LogP contribution >= 0.6 is 11.8 Å². The van der Waals surface area contributed by atoms with Crippen molar-refractivity contribution in [2.45, 2.75) is 30.8 Å². The van der Waals surface area contributed by atoms with Gasteiger partial charge in [0.2, 0.25) is 11.1 Å². The summed E-state index contributed by atoms with van der Waals surface area (Å²) in [6.07, 6.45) is 3.59. The molecule has 1 unspecified atom stereocenters. The predicted octanol–water partition coefficient (Wildman–Crippen LogP) is 3.68. The molecule has 0 saturated carbocycles. The van der Waals surface area contributed by atoms with E-state index in [0.717, 1.165) is 22.8 Å². The number of carbonyl (C=O) groups excluding carboxylic acids is 1. The second-order valence-corrected chi connectivity index (χ2v) is 7.38. The zero-order valence-corrected chi connectivity index (χ0v) is 16.7. The van der Waals surface area contributed by atoms with Gasteiger partial charge in [0.05, 0.1) is 12.4 Å². The summed E-state index contributed by atoms with van der Waals surface area (Å²) in [4.78, 5) is 16.7. The molecule has 0 aliphatic carbocycles. The van der Waals surface area contributed by atoms with Crippen molar-refractivity contribution in [2.24, 2.45) is 0 Å². The molecule has 3 rings (SSSR count). The van der Waals surface area contributed by atoms with Crippen LogP contribution in [-0.4, -0.2) is 33.4 Å². The van der Waals surface area contributed by atoms with Crippen LogP contribution in [0.3, 0.4) is 0 Å². The van der Waals surface area contributed by atoms with Gasteiger partial charge in [-0.3, -0.25) is 9.89 Å². The zero-order valence-electron chi connectivity index (χ0n) is 15.9. The number of H-pyrrole nitrogens is 1. The van der Waals surface area contributed by atoms with Gasteiger partial charge in [-0.15, -0.1) is 5.10 Å². The van der Waals surface area contributed by atoms with Gasteiger partial charge in [-0.05, 0) is 44.2 Å². The minimum absolute atomic E-state index is 0.0936. The highest BCUT2D eigenvalue weighted by Gasteiger charge is 2.17. The van der Waals surface area contributed by atoms with E-state index in [4.69, 9.17) is 9.15 Å². The first kappa shape index (κ1) is 19.8. The van der Waals surface area contributed by atoms with Crippen LogP contribution in [-0.2, 0) is 11.3 Å². The van der Waals surface area contributed by atoms with Crippen molar-refractivity contribution in [1.82, 2.24) is 20.5 Å². The second kappa shape index (κ2) is 9.27. The lowest BCUT2D eigenvalue weighted by molar-refractivity contribution is -0.120. The molecule has 7 nitrogen and oxygen atoms in total. The van der Waals surface area contributed by atoms with E-state index >= 15 is 0 Å². The summed E-state index contributed by atoms with van der Waals surface area (Å²) < 4.78 is 10.8. The summed E-state index contributed by atoms with van der Waals surface area (Å²) >= 11 is 1.29. The SMILES string of the molecule is COc1ccccc1CNC(=O)C(C)Sc1n[nH]c(/C=C/c2ccc(C)o2)n1. The Labute approximate surface area is 167 Å². The Bertz CT molecular complexity index is 964. The molecule has 28 heavy (non-hydrogen) atoms. The van der Waals surface area contributed by atoms with Gasteiger partial charge < -0.3 is 14.5 Å². The van der Waals surface area contributed by atoms with Crippen molar-refractivity contribution in [3.8, 4) is 5.75 Å². The second-order valence-electron chi connectivity index (χ2n) is 6.07. The monoisotopic (exact) mass is 398 g/mol. The Balaban J connectivity index is 1.52. The van der Waals surface area contributed by atoms with Gasteiger partial charge in [0.15, 0.2) is 0 Å². The molecule has 2 N–H and O–H groups in total. The van der Waals surface area contributed by atoms with E-state index in [1.54, 1.807) is 13.2 Å². The van der Waals surface area contributed by atoms with Crippen LogP contribution < -0.4 is 10.1 Å². The molecule has 2 aromatic heterocycles. The Morgan fingerprint density at radius 2 is 2.14 bits per heavy atom. The minimum Gasteiger partial charge on any atom is -0.496 e. The molecule has 0 aliphatic heterocycles. The molecular weight excluding hydrogens is 376 g/mol. The fourth-order valence-corrected chi connectivity index (χ4v) is 3.23. The minimum atomic E-state index is -0.338. The highest BCUT2D eigenvalue weighted by molar-refractivity contribution is 8.00. The van der Waals surface area contributed by atoms with E-state index in [-0.39, 0.29) is 11.2 Å². The lowest BCUT2D eigenvalue weighted by Crippen LogP contribution is -2.30. The smallest absolute Gasteiger partial charge is 0.233 e. The number of methoxy groups -OCH3 is 1. The van der Waals surface area contributed by atoms with E-state index in [2.05, 4.69) is 20.5 Å². The highest BCUT2D eigenvalue weighted by Crippen LogP contribution is 2.21. The number of aromatic amines is 1. The van der Waals surface area contributed by atoms with Crippen LogP contribution in [0.15, 0.2) is 46.0 Å². The molecule has 8 heteroatoms. The number of aryl methyl sites for hydroxylation is 1. The number of amides is 1. The number of benzene rings is 1. The molecule has 0 fully saturated rings. The quantitative estimate of drug-likeness (QED) is 0.562. The fraction of sp³-hybridized carbons (Fsp3) is 0.250. The molecule has 146 valence electrons. The van der Waals surface area contributed by atoms with E-state index < -0.39 is 0 Å². The maximum absolute atomic E-state index is 12.4. The van der Waals surface area contributed by atoms with Gasteiger partial charge >= 0.3 is 0 Å². The van der Waals surface area contributed by atoms with Crippen molar-refractivity contribution in [3.63, 3.8) is 0 Å². The van der Waals surface area contributed by atoms with Crippen molar-refractivity contribution in [1.29, 1.82) is 0 Å². The fourth-order valence-electron chi connectivity index (χ4n) is 2.48. The normalized spacial score (nSPS) is 12.2. The maximum Gasteiger partial charge on any atom is 0.233 e. The van der Waals surface area contributed by atoms with Crippen LogP contribution in [0.2, 0.25) is 0 Å². The van der Waals surface area contributed by atoms with E-state index in [9.17, 15) is 4.79 Å². The van der Waals surface area contributed by atoms with Crippen LogP contribution in [0.4, 0.5) is 0 Å². The average Bonchev–Trinajstić information content (AvgIpc) is 3.33. The summed E-state index contributed by atoms with van der Waals surface area (Å²) in [5.74, 6) is 2.84. The third kappa shape index (κ3) is 5.26. The third-order valence-electron chi connectivity index (χ3n) is 3.95. The summed E-state index contributed by atoms with van der Waals surface area (Å²) in [5.41, 5.74) is 0.925. The Morgan fingerprint density at radius 1 is 1.32 bits per heavy atom. The molecule has 1 aromatic carbocycles. The Morgan fingerprint density at radius 3 is 2.89 bits per heavy atom. The standard InChI is InChI=1S/C20H22N4O3S/c1-13-8-9-16(27-13)10-11-18-22-20(24-23-18)28-14(2)19(25)21-12-15-6-4-5-7-17(15)26-3/h4-11,14H,12H2,1-3H3,(H,21,25)(H,22,23,24)/b11-10+. The number of para-hydroxylation sites is 1. The molecule has 1 amide bonds. The summed E-state index contributed by atoms with van der Waals surface area (Å²) in [5, 5.41) is 10.1. The summed E-state index contributed by atoms with van der Waals surface area (Å²) in [6, 6.07) is 11.4. The number of furan rings is 1. The first-order valence-corrected chi connectivity index (χ1v) is 9.66. The first-order valence-electron chi connectivity index (χ1n) is 8.78. The number of nitrogens with one attached hydrogen (secondary N) is 2. The van der Waals surface area contributed by atoms with Gasteiger partial charge in [0.1, 0.15) is 23.1 Å². The number of nitrogens with zero attached hydrogens (tertiary/aromatic N) is 2. The van der Waals surface area contributed by atoms with Gasteiger partial charge in [-0.1, -0.05) is 30.0 Å². The van der Waals surface area contributed by atoms with Crippen molar-refractivity contribution in [2.75, 3.05) is 7.11 Å². The largest absolute Gasteiger partial charge is 0.496 e. The van der Waals surface area contributed by atoms with Crippen LogP contribution in [0, 0.1) is 6.92 Å². The molecule has 0 bridgehead atoms. The van der Waals surface area contributed by atoms with Crippen molar-refractivity contribution < 1.29 is 13.9 Å². The molecule has 3 aromatic rings. The van der Waals surface area contributed by atoms with Crippen molar-refractivity contribution in [3.05, 3.63) is 59.3 Å². The Kier molecular flexibility index (Phi) is 6.54. The number of aromatic nitrogens is 3. The van der Waals surface area contributed by atoms with E-state index in [1.165, 1.54) is 11.8 Å². The van der Waals surface area contributed by atoms with E-state index in [0.29, 0.717) is 17.5 Å². The lowest BCUT2D eigenvalue weighted by Gasteiger charge is -2.12. The van der Waals surface area contributed by atoms with Gasteiger partial charge in [0.25, 0.3) is 0 Å². The zero-order chi connectivity index (χ0) is 19.9. The Hall–Kier alpha value is -3.00. The molecule has 0 saturated heterocycles.